The van der Waals surface area contributed by atoms with Crippen molar-refractivity contribution in [2.45, 2.75) is 6.92 Å². The zero-order chi connectivity index (χ0) is 15.2. The van der Waals surface area contributed by atoms with Crippen LogP contribution in [0.4, 0.5) is 5.69 Å². The number of carbonyl (C=O) groups is 1. The van der Waals surface area contributed by atoms with Gasteiger partial charge in [0.25, 0.3) is 5.91 Å². The van der Waals surface area contributed by atoms with Gasteiger partial charge in [0.15, 0.2) is 6.54 Å². The highest BCUT2D eigenvalue weighted by Crippen LogP contribution is 2.27. The van der Waals surface area contributed by atoms with Gasteiger partial charge in [0.2, 0.25) is 0 Å². The van der Waals surface area contributed by atoms with Gasteiger partial charge < -0.3 is 21.7 Å². The summed E-state index contributed by atoms with van der Waals surface area (Å²) in [6.07, 6.45) is 0. The zero-order valence-electron chi connectivity index (χ0n) is 12.6. The summed E-state index contributed by atoms with van der Waals surface area (Å²) in [6.45, 7) is 6.07. The number of anilines is 1. The maximum Gasteiger partial charge on any atom is 0.279 e. The Morgan fingerprint density at radius 1 is 1.24 bits per heavy atom. The average Bonchev–Trinajstić information content (AvgIpc) is 2.78. The maximum absolute atomic E-state index is 12.1. The minimum atomic E-state index is 0.0539. The Hall–Kier alpha value is -1.47. The molecule has 0 aliphatic rings. The molecule has 5 nitrogen and oxygen atoms in total. The Kier molecular flexibility index (Phi) is 5.69. The van der Waals surface area contributed by atoms with Crippen LogP contribution in [0.3, 0.4) is 0 Å². The number of thiophene rings is 1. The van der Waals surface area contributed by atoms with Crippen LogP contribution in [-0.2, 0) is 4.79 Å². The molecule has 0 radical (unpaired) electrons. The third-order valence-corrected chi connectivity index (χ3v) is 4.43. The number of amides is 1. The van der Waals surface area contributed by atoms with Gasteiger partial charge in [-0.05, 0) is 36.6 Å². The Labute approximate surface area is 128 Å². The third-order valence-electron chi connectivity index (χ3n) is 3.39. The summed E-state index contributed by atoms with van der Waals surface area (Å²) in [5, 5.41) is 4.18. The van der Waals surface area contributed by atoms with Crippen molar-refractivity contribution in [3.05, 3.63) is 29.1 Å². The molecule has 0 spiro atoms. The minimum Gasteiger partial charge on any atom is -0.353 e. The van der Waals surface area contributed by atoms with Crippen molar-refractivity contribution < 1.29 is 21.2 Å². The lowest BCUT2D eigenvalue weighted by Crippen LogP contribution is -3.15. The van der Waals surface area contributed by atoms with Gasteiger partial charge in [-0.1, -0.05) is 0 Å². The lowest BCUT2D eigenvalue weighted by molar-refractivity contribution is -0.902. The fourth-order valence-electron chi connectivity index (χ4n) is 2.49. The average molecular weight is 309 g/mol. The van der Waals surface area contributed by atoms with Crippen LogP contribution in [0.15, 0.2) is 24.3 Å². The summed E-state index contributed by atoms with van der Waals surface area (Å²) in [6, 6.07) is 8.23. The highest BCUT2D eigenvalue weighted by atomic mass is 32.1. The molecule has 0 aliphatic heterocycles. The van der Waals surface area contributed by atoms with E-state index < -0.39 is 0 Å². The second-order valence-corrected chi connectivity index (χ2v) is 6.58. The summed E-state index contributed by atoms with van der Waals surface area (Å²) in [5.74, 6) is 0.0539. The van der Waals surface area contributed by atoms with Crippen molar-refractivity contribution in [2.24, 2.45) is 0 Å². The Morgan fingerprint density at radius 3 is 2.62 bits per heavy atom. The first kappa shape index (κ1) is 15.9. The maximum atomic E-state index is 12.1. The summed E-state index contributed by atoms with van der Waals surface area (Å²) in [5.41, 5.74) is 8.60. The van der Waals surface area contributed by atoms with E-state index >= 15 is 0 Å². The van der Waals surface area contributed by atoms with Crippen LogP contribution in [0.1, 0.15) is 4.88 Å². The van der Waals surface area contributed by atoms with Gasteiger partial charge in [-0.15, -0.1) is 11.3 Å². The van der Waals surface area contributed by atoms with Crippen molar-refractivity contribution in [1.82, 2.24) is 0 Å². The Morgan fingerprint density at radius 2 is 1.95 bits per heavy atom. The van der Waals surface area contributed by atoms with E-state index in [2.05, 4.69) is 35.8 Å². The van der Waals surface area contributed by atoms with Crippen molar-refractivity contribution in [3.8, 4) is 0 Å². The lowest BCUT2D eigenvalue weighted by atomic mass is 10.2. The zero-order valence-corrected chi connectivity index (χ0v) is 13.4. The molecule has 1 amide bonds. The topological polar surface area (TPSA) is 88.8 Å². The Bertz CT molecular complexity index is 605. The van der Waals surface area contributed by atoms with Gasteiger partial charge in [0.1, 0.15) is 26.2 Å². The van der Waals surface area contributed by atoms with Crippen molar-refractivity contribution in [1.29, 1.82) is 0 Å². The van der Waals surface area contributed by atoms with Crippen LogP contribution < -0.4 is 21.7 Å². The predicted molar refractivity (Wildman–Crippen MR) is 86.3 cm³/mol. The number of carbonyl (C=O) groups excluding carboxylic acids is 1. The van der Waals surface area contributed by atoms with Crippen LogP contribution in [0.5, 0.6) is 0 Å². The van der Waals surface area contributed by atoms with Crippen LogP contribution in [-0.4, -0.2) is 38.6 Å². The molecule has 1 aromatic heterocycles. The summed E-state index contributed by atoms with van der Waals surface area (Å²) < 4.78 is 1.26. The van der Waals surface area contributed by atoms with Gasteiger partial charge in [-0.3, -0.25) is 4.79 Å². The number of aryl methyl sites for hydroxylation is 1. The molecular formula is C15H25N4OS+3. The smallest absolute Gasteiger partial charge is 0.279 e. The number of hydrogen-bond acceptors (Lipinski definition) is 2. The first-order chi connectivity index (χ1) is 10.1. The second kappa shape index (κ2) is 7.51. The highest BCUT2D eigenvalue weighted by molar-refractivity contribution is 7.19. The molecular weight excluding hydrogens is 284 g/mol. The van der Waals surface area contributed by atoms with E-state index in [-0.39, 0.29) is 5.91 Å². The SMILES string of the molecule is Cc1cc2cc(NC(=O)C[NH+](CC[NH3+])CC[NH3+])ccc2s1. The lowest BCUT2D eigenvalue weighted by Gasteiger charge is -2.15. The van der Waals surface area contributed by atoms with Crippen LogP contribution in [0.25, 0.3) is 10.1 Å². The number of fused-ring (bicyclic) bond motifs is 1. The quantitative estimate of drug-likeness (QED) is 0.494. The van der Waals surface area contributed by atoms with E-state index in [1.54, 1.807) is 11.3 Å². The Balaban J connectivity index is 1.99. The molecule has 2 rings (SSSR count). The van der Waals surface area contributed by atoms with Crippen molar-refractivity contribution >= 4 is 33.0 Å². The van der Waals surface area contributed by atoms with Crippen LogP contribution in [0.2, 0.25) is 0 Å². The van der Waals surface area contributed by atoms with Crippen LogP contribution >= 0.6 is 11.3 Å². The molecule has 114 valence electrons. The summed E-state index contributed by atoms with van der Waals surface area (Å²) >= 11 is 1.77. The highest BCUT2D eigenvalue weighted by Gasteiger charge is 2.14. The number of benzene rings is 1. The van der Waals surface area contributed by atoms with Crippen molar-refractivity contribution in [2.75, 3.05) is 38.0 Å². The molecule has 0 fully saturated rings. The molecule has 0 unspecified atom stereocenters. The molecule has 0 saturated heterocycles. The molecule has 0 aliphatic carbocycles. The molecule has 8 N–H and O–H groups in total. The predicted octanol–water partition coefficient (Wildman–Crippen LogP) is -1.48. The van der Waals surface area contributed by atoms with E-state index in [4.69, 9.17) is 0 Å². The van der Waals surface area contributed by atoms with Crippen molar-refractivity contribution in [3.63, 3.8) is 0 Å². The minimum absolute atomic E-state index is 0.0539. The molecule has 0 saturated carbocycles. The van der Waals surface area contributed by atoms with E-state index in [0.29, 0.717) is 6.54 Å². The van der Waals surface area contributed by atoms with E-state index in [1.165, 1.54) is 19.9 Å². The van der Waals surface area contributed by atoms with E-state index in [0.717, 1.165) is 31.9 Å². The first-order valence-corrected chi connectivity index (χ1v) is 8.16. The molecule has 1 heterocycles. The third kappa shape index (κ3) is 4.50. The normalized spacial score (nSPS) is 11.2. The van der Waals surface area contributed by atoms with Gasteiger partial charge in [-0.25, -0.2) is 0 Å². The van der Waals surface area contributed by atoms with Gasteiger partial charge in [-0.2, -0.15) is 0 Å². The molecule has 0 bridgehead atoms. The first-order valence-electron chi connectivity index (χ1n) is 7.34. The van der Waals surface area contributed by atoms with E-state index in [1.807, 2.05) is 12.1 Å². The summed E-state index contributed by atoms with van der Waals surface area (Å²) in [7, 11) is 0. The van der Waals surface area contributed by atoms with Gasteiger partial charge in [0.05, 0.1) is 0 Å². The number of hydrogen-bond donors (Lipinski definition) is 4. The molecule has 6 heteroatoms. The molecule has 2 aromatic rings. The molecule has 0 atom stereocenters. The standard InChI is InChI=1S/C15H22N4OS/c1-11-8-12-9-13(2-3-14(12)21-11)18-15(20)10-19(6-4-16)7-5-17/h2-3,8-9H,4-7,10,16-17H2,1H3,(H,18,20)/p+3. The molecule has 21 heavy (non-hydrogen) atoms. The van der Waals surface area contributed by atoms with Gasteiger partial charge >= 0.3 is 0 Å². The summed E-state index contributed by atoms with van der Waals surface area (Å²) in [4.78, 5) is 14.7. The fourth-order valence-corrected chi connectivity index (χ4v) is 3.39. The fraction of sp³-hybridized carbons (Fsp3) is 0.400. The monoisotopic (exact) mass is 309 g/mol. The number of rotatable bonds is 7. The van der Waals surface area contributed by atoms with E-state index in [9.17, 15) is 4.79 Å². The second-order valence-electron chi connectivity index (χ2n) is 5.29. The molecule has 1 aromatic carbocycles. The number of quaternary nitrogens is 3. The largest absolute Gasteiger partial charge is 0.353 e. The van der Waals surface area contributed by atoms with Crippen LogP contribution in [0, 0.1) is 6.92 Å². The number of nitrogens with one attached hydrogen (secondary N) is 2. The van der Waals surface area contributed by atoms with Gasteiger partial charge in [0, 0.05) is 15.3 Å².